The number of pyridine rings is 1. The molecule has 34 heavy (non-hydrogen) atoms. The predicted molar refractivity (Wildman–Crippen MR) is 132 cm³/mol. The number of methoxy groups -OCH3 is 1. The maximum Gasteiger partial charge on any atom is 0.257 e. The van der Waals surface area contributed by atoms with Crippen LogP contribution in [-0.4, -0.2) is 73.0 Å². The summed E-state index contributed by atoms with van der Waals surface area (Å²) in [6.07, 6.45) is 2.57. The molecule has 2 aliphatic heterocycles. The highest BCUT2D eigenvalue weighted by atomic mass is 16.5. The van der Waals surface area contributed by atoms with Crippen LogP contribution in [0.3, 0.4) is 0 Å². The molecule has 5 rings (SSSR count). The third-order valence-electron chi connectivity index (χ3n) is 6.75. The first kappa shape index (κ1) is 22.2. The van der Waals surface area contributed by atoms with Crippen LogP contribution in [-0.2, 0) is 11.2 Å². The molecule has 0 saturated carbocycles. The monoisotopic (exact) mass is 458 g/mol. The van der Waals surface area contributed by atoms with E-state index in [9.17, 15) is 9.59 Å². The smallest absolute Gasteiger partial charge is 0.257 e. The van der Waals surface area contributed by atoms with E-state index in [-0.39, 0.29) is 11.8 Å². The molecule has 2 fully saturated rings. The second-order valence-electron chi connectivity index (χ2n) is 8.95. The molecular weight excluding hydrogens is 428 g/mol. The topological polar surface area (TPSA) is 66.0 Å². The molecule has 0 aliphatic carbocycles. The summed E-state index contributed by atoms with van der Waals surface area (Å²) < 4.78 is 5.26. The fourth-order valence-electron chi connectivity index (χ4n) is 4.83. The van der Waals surface area contributed by atoms with Gasteiger partial charge in [-0.25, -0.2) is 4.98 Å². The molecule has 1 aromatic heterocycles. The number of carbonyl (C=O) groups excluding carboxylic acids is 2. The summed E-state index contributed by atoms with van der Waals surface area (Å²) in [5.41, 5.74) is 2.51. The number of hydrogen-bond acceptors (Lipinski definition) is 5. The number of fused-ring (bicyclic) bond motifs is 1. The number of hydrogen-bond donors (Lipinski definition) is 0. The van der Waals surface area contributed by atoms with E-state index in [4.69, 9.17) is 9.72 Å². The minimum Gasteiger partial charge on any atom is -0.497 e. The van der Waals surface area contributed by atoms with Gasteiger partial charge in [-0.05, 0) is 42.7 Å². The molecule has 0 bridgehead atoms. The lowest BCUT2D eigenvalue weighted by Crippen LogP contribution is -2.51. The van der Waals surface area contributed by atoms with Gasteiger partial charge in [-0.1, -0.05) is 30.3 Å². The van der Waals surface area contributed by atoms with Gasteiger partial charge in [0.1, 0.15) is 11.6 Å². The molecule has 3 aromatic rings. The molecule has 2 aliphatic rings. The van der Waals surface area contributed by atoms with Gasteiger partial charge in [-0.2, -0.15) is 0 Å². The van der Waals surface area contributed by atoms with Crippen LogP contribution in [0.25, 0.3) is 10.9 Å². The van der Waals surface area contributed by atoms with Crippen LogP contribution in [0.5, 0.6) is 5.75 Å². The van der Waals surface area contributed by atoms with E-state index in [2.05, 4.69) is 4.90 Å². The number of anilines is 1. The molecular formula is C27H30N4O3. The molecule has 2 aromatic carbocycles. The number of para-hydroxylation sites is 1. The van der Waals surface area contributed by atoms with Crippen molar-refractivity contribution in [1.82, 2.24) is 14.8 Å². The Morgan fingerprint density at radius 2 is 1.62 bits per heavy atom. The van der Waals surface area contributed by atoms with Crippen molar-refractivity contribution in [1.29, 1.82) is 0 Å². The summed E-state index contributed by atoms with van der Waals surface area (Å²) in [4.78, 5) is 37.3. The molecule has 3 heterocycles. The van der Waals surface area contributed by atoms with Gasteiger partial charge in [0.2, 0.25) is 5.91 Å². The molecule has 2 amide bonds. The number of benzene rings is 2. The van der Waals surface area contributed by atoms with Crippen LogP contribution in [0.1, 0.15) is 28.8 Å². The van der Waals surface area contributed by atoms with E-state index in [1.807, 2.05) is 64.4 Å². The molecule has 7 heteroatoms. The van der Waals surface area contributed by atoms with Crippen molar-refractivity contribution in [2.24, 2.45) is 0 Å². The van der Waals surface area contributed by atoms with Crippen molar-refractivity contribution in [2.45, 2.75) is 19.3 Å². The van der Waals surface area contributed by atoms with Crippen LogP contribution < -0.4 is 9.64 Å². The van der Waals surface area contributed by atoms with E-state index in [0.717, 1.165) is 54.0 Å². The fraction of sp³-hybridized carbons (Fsp3) is 0.370. The lowest BCUT2D eigenvalue weighted by Gasteiger charge is -2.35. The summed E-state index contributed by atoms with van der Waals surface area (Å²) in [5.74, 6) is 1.61. The summed E-state index contributed by atoms with van der Waals surface area (Å²) in [6, 6.07) is 17.5. The minimum absolute atomic E-state index is 0.0000442. The van der Waals surface area contributed by atoms with Crippen LogP contribution >= 0.6 is 0 Å². The molecule has 0 unspecified atom stereocenters. The molecule has 176 valence electrons. The highest BCUT2D eigenvalue weighted by Gasteiger charge is 2.29. The lowest BCUT2D eigenvalue weighted by molar-refractivity contribution is -0.131. The number of ether oxygens (including phenoxy) is 1. The van der Waals surface area contributed by atoms with Crippen LogP contribution in [0, 0.1) is 0 Å². The Morgan fingerprint density at radius 3 is 2.38 bits per heavy atom. The Bertz CT molecular complexity index is 1200. The number of aromatic nitrogens is 1. The second kappa shape index (κ2) is 9.71. The van der Waals surface area contributed by atoms with E-state index >= 15 is 0 Å². The maximum atomic E-state index is 13.6. The zero-order valence-corrected chi connectivity index (χ0v) is 19.6. The molecule has 0 radical (unpaired) electrons. The zero-order chi connectivity index (χ0) is 23.5. The van der Waals surface area contributed by atoms with Crippen molar-refractivity contribution >= 4 is 28.5 Å². The zero-order valence-electron chi connectivity index (χ0n) is 19.6. The van der Waals surface area contributed by atoms with Crippen LogP contribution in [0.15, 0.2) is 54.6 Å². The Morgan fingerprint density at radius 1 is 0.882 bits per heavy atom. The standard InChI is InChI=1S/C27H30N4O3/c1-34-22-9-6-7-20(17-22)18-25(32)29-13-15-31(16-14-29)27(33)23-19-21-8-2-3-10-24(21)28-26(23)30-11-4-5-12-30/h2-3,6-10,17,19H,4-5,11-16,18H2,1H3. The SMILES string of the molecule is COc1cccc(CC(=O)N2CCN(C(=O)c3cc4ccccc4nc3N3CCCC3)CC2)c1. The quantitative estimate of drug-likeness (QED) is 0.587. The Kier molecular flexibility index (Phi) is 6.34. The van der Waals surface area contributed by atoms with Gasteiger partial charge >= 0.3 is 0 Å². The van der Waals surface area contributed by atoms with Gasteiger partial charge in [-0.15, -0.1) is 0 Å². The van der Waals surface area contributed by atoms with Crippen molar-refractivity contribution in [3.8, 4) is 5.75 Å². The summed E-state index contributed by atoms with van der Waals surface area (Å²) >= 11 is 0. The first-order chi connectivity index (χ1) is 16.6. The van der Waals surface area contributed by atoms with Crippen molar-refractivity contribution in [3.63, 3.8) is 0 Å². The molecule has 2 saturated heterocycles. The lowest BCUT2D eigenvalue weighted by atomic mass is 10.1. The average molecular weight is 459 g/mol. The van der Waals surface area contributed by atoms with Crippen molar-refractivity contribution < 1.29 is 14.3 Å². The van der Waals surface area contributed by atoms with Crippen molar-refractivity contribution in [3.05, 3.63) is 65.7 Å². The number of nitrogens with zero attached hydrogens (tertiary/aromatic N) is 4. The Hall–Kier alpha value is -3.61. The highest BCUT2D eigenvalue weighted by molar-refractivity contribution is 6.02. The molecule has 7 nitrogen and oxygen atoms in total. The fourth-order valence-corrected chi connectivity index (χ4v) is 4.83. The normalized spacial score (nSPS) is 16.2. The van der Waals surface area contributed by atoms with Gasteiger partial charge in [0.05, 0.1) is 24.6 Å². The highest BCUT2D eigenvalue weighted by Crippen LogP contribution is 2.28. The van der Waals surface area contributed by atoms with E-state index < -0.39 is 0 Å². The molecule has 0 atom stereocenters. The first-order valence-corrected chi connectivity index (χ1v) is 12.0. The predicted octanol–water partition coefficient (Wildman–Crippen LogP) is 3.37. The van der Waals surface area contributed by atoms with Gasteiger partial charge in [0.15, 0.2) is 0 Å². The van der Waals surface area contributed by atoms with Gasteiger partial charge in [0, 0.05) is 44.7 Å². The van der Waals surface area contributed by atoms with E-state index in [1.54, 1.807) is 7.11 Å². The molecule has 0 N–H and O–H groups in total. The summed E-state index contributed by atoms with van der Waals surface area (Å²) in [6.45, 7) is 3.98. The summed E-state index contributed by atoms with van der Waals surface area (Å²) in [5, 5.41) is 0.973. The summed E-state index contributed by atoms with van der Waals surface area (Å²) in [7, 11) is 1.62. The van der Waals surface area contributed by atoms with Gasteiger partial charge < -0.3 is 19.4 Å². The van der Waals surface area contributed by atoms with Crippen LogP contribution in [0.2, 0.25) is 0 Å². The Balaban J connectivity index is 1.29. The number of amides is 2. The largest absolute Gasteiger partial charge is 0.497 e. The average Bonchev–Trinajstić information content (AvgIpc) is 3.42. The Labute approximate surface area is 199 Å². The number of carbonyl (C=O) groups is 2. The van der Waals surface area contributed by atoms with Gasteiger partial charge in [0.25, 0.3) is 5.91 Å². The van der Waals surface area contributed by atoms with E-state index in [1.165, 1.54) is 0 Å². The van der Waals surface area contributed by atoms with Crippen LogP contribution in [0.4, 0.5) is 5.82 Å². The second-order valence-corrected chi connectivity index (χ2v) is 8.95. The van der Waals surface area contributed by atoms with Gasteiger partial charge in [-0.3, -0.25) is 9.59 Å². The number of rotatable bonds is 5. The van der Waals surface area contributed by atoms with E-state index in [0.29, 0.717) is 38.2 Å². The third kappa shape index (κ3) is 4.55. The molecule has 0 spiro atoms. The first-order valence-electron chi connectivity index (χ1n) is 12.0. The number of piperazine rings is 1. The minimum atomic E-state index is 0.0000442. The third-order valence-corrected chi connectivity index (χ3v) is 6.75. The van der Waals surface area contributed by atoms with Crippen molar-refractivity contribution in [2.75, 3.05) is 51.3 Å². The maximum absolute atomic E-state index is 13.6.